The molecule has 0 aliphatic heterocycles. The van der Waals surface area contributed by atoms with E-state index in [-0.39, 0.29) is 6.04 Å². The lowest BCUT2D eigenvalue weighted by Crippen LogP contribution is -2.26. The fraction of sp³-hybridized carbons (Fsp3) is 0.619. The summed E-state index contributed by atoms with van der Waals surface area (Å²) >= 11 is 0. The number of pyridine rings is 1. The molecule has 0 saturated heterocycles. The van der Waals surface area contributed by atoms with Crippen LogP contribution < -0.4 is 5.73 Å². The van der Waals surface area contributed by atoms with E-state index in [1.807, 2.05) is 10.7 Å². The van der Waals surface area contributed by atoms with Crippen LogP contribution in [-0.4, -0.2) is 39.8 Å². The molecule has 2 aromatic heterocycles. The van der Waals surface area contributed by atoms with Gasteiger partial charge in [0.15, 0.2) is 0 Å². The Bertz CT molecular complexity index is 892. The van der Waals surface area contributed by atoms with E-state index in [0.717, 1.165) is 18.2 Å². The van der Waals surface area contributed by atoms with Gasteiger partial charge in [0.1, 0.15) is 5.82 Å². The van der Waals surface area contributed by atoms with E-state index in [4.69, 9.17) is 10.8 Å². The molecule has 29 heavy (non-hydrogen) atoms. The zero-order valence-corrected chi connectivity index (χ0v) is 17.2. The maximum Gasteiger partial charge on any atom is 0.419 e. The highest BCUT2D eigenvalue weighted by Gasteiger charge is 2.58. The number of halogens is 3. The van der Waals surface area contributed by atoms with Crippen LogP contribution >= 0.6 is 0 Å². The molecule has 0 spiro atoms. The van der Waals surface area contributed by atoms with E-state index in [1.165, 1.54) is 19.0 Å². The number of anilines is 1. The van der Waals surface area contributed by atoms with Crippen molar-refractivity contribution in [2.45, 2.75) is 57.3 Å². The van der Waals surface area contributed by atoms with Gasteiger partial charge in [-0.15, -0.1) is 0 Å². The summed E-state index contributed by atoms with van der Waals surface area (Å²) in [6.07, 6.45) is 0.0949. The Morgan fingerprint density at radius 1 is 1.24 bits per heavy atom. The molecular formula is C21H28F3N5. The van der Waals surface area contributed by atoms with Crippen molar-refractivity contribution in [2.24, 2.45) is 11.8 Å². The van der Waals surface area contributed by atoms with Crippen LogP contribution in [0.4, 0.5) is 19.0 Å². The summed E-state index contributed by atoms with van der Waals surface area (Å²) in [5.74, 6) is 1.23. The highest BCUT2D eigenvalue weighted by atomic mass is 19.4. The summed E-state index contributed by atoms with van der Waals surface area (Å²) in [4.78, 5) is 6.07. The highest BCUT2D eigenvalue weighted by Crippen LogP contribution is 2.64. The van der Waals surface area contributed by atoms with Crippen molar-refractivity contribution >= 4 is 5.82 Å². The van der Waals surface area contributed by atoms with Gasteiger partial charge in [0.2, 0.25) is 0 Å². The molecule has 5 atom stereocenters. The van der Waals surface area contributed by atoms with Crippen LogP contribution in [-0.2, 0) is 6.18 Å². The van der Waals surface area contributed by atoms with Crippen molar-refractivity contribution in [3.05, 3.63) is 29.6 Å². The van der Waals surface area contributed by atoms with Crippen molar-refractivity contribution in [2.75, 3.05) is 19.8 Å². The summed E-state index contributed by atoms with van der Waals surface area (Å²) in [7, 11) is 4.25. The fourth-order valence-corrected chi connectivity index (χ4v) is 4.84. The molecule has 8 heteroatoms. The molecule has 2 aromatic rings. The van der Waals surface area contributed by atoms with E-state index < -0.39 is 17.6 Å². The van der Waals surface area contributed by atoms with Crippen LogP contribution in [0.15, 0.2) is 18.3 Å². The minimum atomic E-state index is -4.54. The first kappa shape index (κ1) is 20.2. The van der Waals surface area contributed by atoms with E-state index >= 15 is 0 Å². The summed E-state index contributed by atoms with van der Waals surface area (Å²) in [5, 5.41) is 4.70. The first-order valence-corrected chi connectivity index (χ1v) is 10.2. The standard InChI is InChI=1S/C21H28F3N5/c1-5-11(2)29-18(19-14-7-13(28(3)4)8-15(14)19)9-17(27-29)12-6-16(21(22,23)24)20(25)26-10-12/h6,9-11,13-15,19H,5,7-8H2,1-4H3,(H2,25,26)/t11?,13-,14+,15-,19-. The molecular weight excluding hydrogens is 379 g/mol. The Balaban J connectivity index is 1.68. The maximum atomic E-state index is 13.3. The van der Waals surface area contributed by atoms with Gasteiger partial charge < -0.3 is 10.6 Å². The molecule has 1 unspecified atom stereocenters. The van der Waals surface area contributed by atoms with Crippen molar-refractivity contribution in [1.82, 2.24) is 19.7 Å². The van der Waals surface area contributed by atoms with Gasteiger partial charge in [-0.25, -0.2) is 4.98 Å². The number of nitrogens with zero attached hydrogens (tertiary/aromatic N) is 4. The second-order valence-corrected chi connectivity index (χ2v) is 8.75. The van der Waals surface area contributed by atoms with Crippen molar-refractivity contribution in [3.63, 3.8) is 0 Å². The van der Waals surface area contributed by atoms with Gasteiger partial charge in [0.25, 0.3) is 0 Å². The Hall–Kier alpha value is -2.09. The Labute approximate surface area is 169 Å². The Morgan fingerprint density at radius 3 is 2.45 bits per heavy atom. The molecule has 4 rings (SSSR count). The van der Waals surface area contributed by atoms with E-state index in [9.17, 15) is 13.2 Å². The lowest BCUT2D eigenvalue weighted by atomic mass is 10.0. The average molecular weight is 407 g/mol. The van der Waals surface area contributed by atoms with Gasteiger partial charge in [-0.1, -0.05) is 6.92 Å². The number of alkyl halides is 3. The minimum Gasteiger partial charge on any atom is -0.383 e. The summed E-state index contributed by atoms with van der Waals surface area (Å²) < 4.78 is 41.8. The molecule has 5 nitrogen and oxygen atoms in total. The molecule has 0 bridgehead atoms. The zero-order valence-electron chi connectivity index (χ0n) is 17.2. The largest absolute Gasteiger partial charge is 0.419 e. The first-order chi connectivity index (χ1) is 13.6. The third kappa shape index (κ3) is 3.52. The number of nitrogens with two attached hydrogens (primary N) is 1. The van der Waals surface area contributed by atoms with Crippen LogP contribution in [0.1, 0.15) is 56.3 Å². The Kier molecular flexibility index (Phi) is 4.88. The summed E-state index contributed by atoms with van der Waals surface area (Å²) in [6, 6.07) is 3.84. The number of aromatic nitrogens is 3. The number of hydrogen-bond donors (Lipinski definition) is 1. The van der Waals surface area contributed by atoms with Crippen LogP contribution in [0.5, 0.6) is 0 Å². The van der Waals surface area contributed by atoms with Crippen molar-refractivity contribution in [1.29, 1.82) is 0 Å². The summed E-state index contributed by atoms with van der Waals surface area (Å²) in [5.41, 5.74) is 6.58. The molecule has 0 radical (unpaired) electrons. The topological polar surface area (TPSA) is 60.0 Å². The van der Waals surface area contributed by atoms with Crippen LogP contribution in [0.25, 0.3) is 11.3 Å². The first-order valence-electron chi connectivity index (χ1n) is 10.2. The van der Waals surface area contributed by atoms with E-state index in [1.54, 1.807) is 0 Å². The zero-order chi connectivity index (χ0) is 21.1. The van der Waals surface area contributed by atoms with Crippen LogP contribution in [0.2, 0.25) is 0 Å². The van der Waals surface area contributed by atoms with Gasteiger partial charge in [-0.2, -0.15) is 18.3 Å². The van der Waals surface area contributed by atoms with Gasteiger partial charge >= 0.3 is 6.18 Å². The third-order valence-corrected chi connectivity index (χ3v) is 6.78. The molecule has 2 aliphatic rings. The predicted molar refractivity (Wildman–Crippen MR) is 106 cm³/mol. The minimum absolute atomic E-state index is 0.188. The molecule has 2 aliphatic carbocycles. The normalized spacial score (nSPS) is 27.3. The van der Waals surface area contributed by atoms with Gasteiger partial charge in [-0.05, 0) is 64.3 Å². The molecule has 2 heterocycles. The number of fused-ring (bicyclic) bond motifs is 1. The van der Waals surface area contributed by atoms with Gasteiger partial charge in [-0.3, -0.25) is 4.68 Å². The summed E-state index contributed by atoms with van der Waals surface area (Å²) in [6.45, 7) is 4.20. The number of nitrogen functional groups attached to an aromatic ring is 1. The lowest BCUT2D eigenvalue weighted by Gasteiger charge is -2.22. The fourth-order valence-electron chi connectivity index (χ4n) is 4.84. The van der Waals surface area contributed by atoms with Crippen molar-refractivity contribution < 1.29 is 13.2 Å². The highest BCUT2D eigenvalue weighted by molar-refractivity contribution is 5.63. The maximum absolute atomic E-state index is 13.3. The number of hydrogen-bond acceptors (Lipinski definition) is 4. The quantitative estimate of drug-likeness (QED) is 0.789. The van der Waals surface area contributed by atoms with E-state index in [0.29, 0.717) is 35.1 Å². The lowest BCUT2D eigenvalue weighted by molar-refractivity contribution is -0.137. The van der Waals surface area contributed by atoms with E-state index in [2.05, 4.69) is 37.8 Å². The van der Waals surface area contributed by atoms with Crippen LogP contribution in [0, 0.1) is 11.8 Å². The smallest absolute Gasteiger partial charge is 0.383 e. The number of rotatable bonds is 5. The average Bonchev–Trinajstić information content (AvgIpc) is 3.01. The van der Waals surface area contributed by atoms with Crippen molar-refractivity contribution in [3.8, 4) is 11.3 Å². The molecule has 0 aromatic carbocycles. The molecule has 2 saturated carbocycles. The predicted octanol–water partition coefficient (Wildman–Crippen LogP) is 4.57. The van der Waals surface area contributed by atoms with Gasteiger partial charge in [0, 0.05) is 35.5 Å². The van der Waals surface area contributed by atoms with Crippen LogP contribution in [0.3, 0.4) is 0 Å². The second-order valence-electron chi connectivity index (χ2n) is 8.75. The second kappa shape index (κ2) is 7.00. The monoisotopic (exact) mass is 407 g/mol. The Morgan fingerprint density at radius 2 is 1.90 bits per heavy atom. The molecule has 2 fully saturated rings. The third-order valence-electron chi connectivity index (χ3n) is 6.78. The molecule has 158 valence electrons. The molecule has 2 N–H and O–H groups in total. The molecule has 0 amide bonds. The van der Waals surface area contributed by atoms with Gasteiger partial charge in [0.05, 0.1) is 11.3 Å². The SMILES string of the molecule is CCC(C)n1nc(-c2cnc(N)c(C(F)(F)F)c2)cc1[C@H]1[C@@H]2C[C@H](N(C)C)C[C@@H]21.